The Labute approximate surface area is 140 Å². The van der Waals surface area contributed by atoms with Crippen LogP contribution in [-0.2, 0) is 11.3 Å². The van der Waals surface area contributed by atoms with Gasteiger partial charge < -0.3 is 19.5 Å². The lowest BCUT2D eigenvalue weighted by Gasteiger charge is -2.12. The van der Waals surface area contributed by atoms with Crippen LogP contribution in [0.1, 0.15) is 22.3 Å². The minimum atomic E-state index is -0.184. The maximum absolute atomic E-state index is 12.3. The summed E-state index contributed by atoms with van der Waals surface area (Å²) in [6.45, 7) is 1.65. The summed E-state index contributed by atoms with van der Waals surface area (Å²) in [5, 5.41) is 2.88. The molecule has 2 heterocycles. The molecule has 24 heavy (non-hydrogen) atoms. The zero-order valence-corrected chi connectivity index (χ0v) is 13.5. The number of methoxy groups -OCH3 is 1. The number of carbonyl (C=O) groups excluding carboxylic acids is 1. The SMILES string of the molecule is COc1ccccc1CNC(=O)c1ccnc(OC2CCOC2)c1. The van der Waals surface area contributed by atoms with Crippen molar-refractivity contribution < 1.29 is 19.0 Å². The quantitative estimate of drug-likeness (QED) is 0.880. The van der Waals surface area contributed by atoms with E-state index in [1.54, 1.807) is 25.4 Å². The molecule has 0 spiro atoms. The molecule has 1 amide bonds. The van der Waals surface area contributed by atoms with Gasteiger partial charge in [0, 0.05) is 36.4 Å². The highest BCUT2D eigenvalue weighted by Crippen LogP contribution is 2.18. The molecule has 1 unspecified atom stereocenters. The number of hydrogen-bond donors (Lipinski definition) is 1. The van der Waals surface area contributed by atoms with Gasteiger partial charge in [-0.3, -0.25) is 4.79 Å². The van der Waals surface area contributed by atoms with Crippen LogP contribution in [0.3, 0.4) is 0 Å². The van der Waals surface area contributed by atoms with Crippen molar-refractivity contribution in [3.8, 4) is 11.6 Å². The van der Waals surface area contributed by atoms with Gasteiger partial charge in [-0.15, -0.1) is 0 Å². The first-order chi connectivity index (χ1) is 11.8. The van der Waals surface area contributed by atoms with Gasteiger partial charge in [0.1, 0.15) is 11.9 Å². The molecule has 6 heteroatoms. The largest absolute Gasteiger partial charge is 0.496 e. The molecule has 1 saturated heterocycles. The average Bonchev–Trinajstić information content (AvgIpc) is 3.13. The second-order valence-corrected chi connectivity index (χ2v) is 5.48. The van der Waals surface area contributed by atoms with E-state index in [1.165, 1.54) is 0 Å². The number of aromatic nitrogens is 1. The monoisotopic (exact) mass is 328 g/mol. The van der Waals surface area contributed by atoms with E-state index in [0.29, 0.717) is 31.2 Å². The number of benzene rings is 1. The third-order valence-electron chi connectivity index (χ3n) is 3.80. The zero-order valence-electron chi connectivity index (χ0n) is 13.5. The van der Waals surface area contributed by atoms with Crippen LogP contribution in [0.5, 0.6) is 11.6 Å². The number of amides is 1. The van der Waals surface area contributed by atoms with E-state index in [2.05, 4.69) is 10.3 Å². The van der Waals surface area contributed by atoms with E-state index >= 15 is 0 Å². The molecule has 0 bridgehead atoms. The second kappa shape index (κ2) is 7.79. The van der Waals surface area contributed by atoms with Crippen LogP contribution in [0.2, 0.25) is 0 Å². The highest BCUT2D eigenvalue weighted by Gasteiger charge is 2.18. The number of ether oxygens (including phenoxy) is 3. The molecule has 1 aliphatic heterocycles. The van der Waals surface area contributed by atoms with E-state index in [9.17, 15) is 4.79 Å². The van der Waals surface area contributed by atoms with Crippen molar-refractivity contribution in [2.45, 2.75) is 19.1 Å². The minimum Gasteiger partial charge on any atom is -0.496 e. The first-order valence-corrected chi connectivity index (χ1v) is 7.87. The number of nitrogens with zero attached hydrogens (tertiary/aromatic N) is 1. The summed E-state index contributed by atoms with van der Waals surface area (Å²) in [6, 6.07) is 10.9. The van der Waals surface area contributed by atoms with Crippen molar-refractivity contribution in [2.75, 3.05) is 20.3 Å². The molecule has 1 aliphatic rings. The van der Waals surface area contributed by atoms with Gasteiger partial charge in [-0.2, -0.15) is 0 Å². The van der Waals surface area contributed by atoms with Gasteiger partial charge in [-0.1, -0.05) is 18.2 Å². The van der Waals surface area contributed by atoms with Crippen LogP contribution in [-0.4, -0.2) is 37.3 Å². The van der Waals surface area contributed by atoms with Gasteiger partial charge >= 0.3 is 0 Å². The molecule has 0 radical (unpaired) electrons. The maximum atomic E-state index is 12.3. The Morgan fingerprint density at radius 3 is 3.04 bits per heavy atom. The number of hydrogen-bond acceptors (Lipinski definition) is 5. The van der Waals surface area contributed by atoms with Crippen molar-refractivity contribution in [2.24, 2.45) is 0 Å². The highest BCUT2D eigenvalue weighted by atomic mass is 16.5. The number of nitrogens with one attached hydrogen (secondary N) is 1. The molecule has 1 N–H and O–H groups in total. The topological polar surface area (TPSA) is 69.7 Å². The van der Waals surface area contributed by atoms with Crippen molar-refractivity contribution in [3.63, 3.8) is 0 Å². The fraction of sp³-hybridized carbons (Fsp3) is 0.333. The molecule has 0 aliphatic carbocycles. The van der Waals surface area contributed by atoms with Gasteiger partial charge in [0.2, 0.25) is 5.88 Å². The van der Waals surface area contributed by atoms with E-state index in [0.717, 1.165) is 17.7 Å². The summed E-state index contributed by atoms with van der Waals surface area (Å²) in [6.07, 6.45) is 2.42. The van der Waals surface area contributed by atoms with E-state index in [1.807, 2.05) is 24.3 Å². The molecule has 1 aromatic heterocycles. The van der Waals surface area contributed by atoms with Crippen molar-refractivity contribution in [3.05, 3.63) is 53.7 Å². The van der Waals surface area contributed by atoms with Crippen LogP contribution in [0.4, 0.5) is 0 Å². The Balaban J connectivity index is 1.62. The van der Waals surface area contributed by atoms with Crippen LogP contribution < -0.4 is 14.8 Å². The highest BCUT2D eigenvalue weighted by molar-refractivity contribution is 5.94. The molecule has 1 aromatic carbocycles. The van der Waals surface area contributed by atoms with Gasteiger partial charge in [-0.25, -0.2) is 4.98 Å². The number of para-hydroxylation sites is 1. The summed E-state index contributed by atoms with van der Waals surface area (Å²) in [5.41, 5.74) is 1.43. The van der Waals surface area contributed by atoms with Crippen LogP contribution >= 0.6 is 0 Å². The third kappa shape index (κ3) is 4.02. The van der Waals surface area contributed by atoms with Crippen LogP contribution in [0.15, 0.2) is 42.6 Å². The summed E-state index contributed by atoms with van der Waals surface area (Å²) in [5.74, 6) is 1.00. The smallest absolute Gasteiger partial charge is 0.251 e. The Kier molecular flexibility index (Phi) is 5.28. The summed E-state index contributed by atoms with van der Waals surface area (Å²) < 4.78 is 16.3. The molecular formula is C18H20N2O4. The van der Waals surface area contributed by atoms with Gasteiger partial charge in [0.05, 0.1) is 20.3 Å². The molecule has 2 aromatic rings. The maximum Gasteiger partial charge on any atom is 0.251 e. The molecule has 3 rings (SSSR count). The lowest BCUT2D eigenvalue weighted by Crippen LogP contribution is -2.23. The van der Waals surface area contributed by atoms with Crippen molar-refractivity contribution >= 4 is 5.91 Å². The molecule has 1 fully saturated rings. The lowest BCUT2D eigenvalue weighted by molar-refractivity contribution is 0.0949. The number of carbonyl (C=O) groups is 1. The van der Waals surface area contributed by atoms with Crippen molar-refractivity contribution in [1.29, 1.82) is 0 Å². The first-order valence-electron chi connectivity index (χ1n) is 7.87. The Morgan fingerprint density at radius 1 is 1.38 bits per heavy atom. The molecular weight excluding hydrogens is 308 g/mol. The predicted molar refractivity (Wildman–Crippen MR) is 88.3 cm³/mol. The number of pyridine rings is 1. The van der Waals surface area contributed by atoms with Gasteiger partial charge in [0.15, 0.2) is 0 Å². The number of rotatable bonds is 6. The van der Waals surface area contributed by atoms with Crippen molar-refractivity contribution in [1.82, 2.24) is 10.3 Å². The molecule has 0 saturated carbocycles. The Hall–Kier alpha value is -2.60. The predicted octanol–water partition coefficient (Wildman–Crippen LogP) is 2.19. The fourth-order valence-corrected chi connectivity index (χ4v) is 2.52. The molecule has 126 valence electrons. The van der Waals surface area contributed by atoms with E-state index < -0.39 is 0 Å². The molecule has 1 atom stereocenters. The Bertz CT molecular complexity index is 699. The summed E-state index contributed by atoms with van der Waals surface area (Å²) in [7, 11) is 1.61. The Morgan fingerprint density at radius 2 is 2.25 bits per heavy atom. The second-order valence-electron chi connectivity index (χ2n) is 5.48. The normalized spacial score (nSPS) is 16.6. The third-order valence-corrected chi connectivity index (χ3v) is 3.80. The first kappa shape index (κ1) is 16.3. The van der Waals surface area contributed by atoms with Gasteiger partial charge in [-0.05, 0) is 12.1 Å². The van der Waals surface area contributed by atoms with Crippen LogP contribution in [0.25, 0.3) is 0 Å². The lowest BCUT2D eigenvalue weighted by atomic mass is 10.2. The van der Waals surface area contributed by atoms with E-state index in [-0.39, 0.29) is 12.0 Å². The minimum absolute atomic E-state index is 0.00407. The summed E-state index contributed by atoms with van der Waals surface area (Å²) in [4.78, 5) is 16.5. The van der Waals surface area contributed by atoms with Crippen LogP contribution in [0, 0.1) is 0 Å². The van der Waals surface area contributed by atoms with Gasteiger partial charge in [0.25, 0.3) is 5.91 Å². The molecule has 6 nitrogen and oxygen atoms in total. The summed E-state index contributed by atoms with van der Waals surface area (Å²) >= 11 is 0. The fourth-order valence-electron chi connectivity index (χ4n) is 2.52. The average molecular weight is 328 g/mol. The van der Waals surface area contributed by atoms with E-state index in [4.69, 9.17) is 14.2 Å². The zero-order chi connectivity index (χ0) is 16.8. The standard InChI is InChI=1S/C18H20N2O4/c1-22-16-5-3-2-4-14(16)11-20-18(21)13-6-8-19-17(10-13)24-15-7-9-23-12-15/h2-6,8,10,15H,7,9,11-12H2,1H3,(H,20,21).